The number of hydrogen-bond acceptors (Lipinski definition) is 4. The van der Waals surface area contributed by atoms with Crippen LogP contribution in [0.25, 0.3) is 0 Å². The predicted molar refractivity (Wildman–Crippen MR) is 117 cm³/mol. The number of ether oxygens (including phenoxy) is 1. The molecule has 3 aromatic rings. The molecule has 0 spiro atoms. The van der Waals surface area contributed by atoms with E-state index in [1.54, 1.807) is 6.20 Å². The van der Waals surface area contributed by atoms with Gasteiger partial charge in [0.1, 0.15) is 18.5 Å². The number of nitrogens with zero attached hydrogens (tertiary/aromatic N) is 1. The highest BCUT2D eigenvalue weighted by molar-refractivity contribution is 5.39. The maximum absolute atomic E-state index is 10.1. The maximum Gasteiger partial charge on any atom is 0.119 e. The molecule has 152 valence electrons. The first-order valence-electron chi connectivity index (χ1n) is 10.1. The molecule has 3 rings (SSSR count). The third-order valence-electron chi connectivity index (χ3n) is 5.18. The van der Waals surface area contributed by atoms with E-state index in [-0.39, 0.29) is 12.0 Å². The van der Waals surface area contributed by atoms with Gasteiger partial charge in [-0.1, -0.05) is 62.4 Å². The molecule has 1 atom stereocenters. The van der Waals surface area contributed by atoms with Gasteiger partial charge in [0.15, 0.2) is 0 Å². The van der Waals surface area contributed by atoms with Gasteiger partial charge in [-0.15, -0.1) is 0 Å². The molecule has 29 heavy (non-hydrogen) atoms. The number of rotatable bonds is 10. The molecule has 0 saturated heterocycles. The first-order valence-corrected chi connectivity index (χ1v) is 10.1. The summed E-state index contributed by atoms with van der Waals surface area (Å²) >= 11 is 0. The summed E-state index contributed by atoms with van der Waals surface area (Å²) in [6.45, 7) is 5.97. The fraction of sp³-hybridized carbons (Fsp3) is 0.320. The highest BCUT2D eigenvalue weighted by Gasteiger charge is 2.22. The molecule has 2 N–H and O–H groups in total. The minimum atomic E-state index is -0.556. The Labute approximate surface area is 173 Å². The van der Waals surface area contributed by atoms with Crippen LogP contribution in [0.1, 0.15) is 30.7 Å². The fourth-order valence-corrected chi connectivity index (χ4v) is 3.27. The van der Waals surface area contributed by atoms with Gasteiger partial charge in [0.25, 0.3) is 0 Å². The van der Waals surface area contributed by atoms with Gasteiger partial charge < -0.3 is 15.2 Å². The zero-order chi connectivity index (χ0) is 20.5. The molecule has 0 radical (unpaired) electrons. The summed E-state index contributed by atoms with van der Waals surface area (Å²) in [6, 6.07) is 24.5. The molecular formula is C25H30N2O2. The Morgan fingerprint density at radius 3 is 2.31 bits per heavy atom. The lowest BCUT2D eigenvalue weighted by atomic mass is 9.78. The molecule has 0 aliphatic heterocycles. The zero-order valence-corrected chi connectivity index (χ0v) is 17.2. The smallest absolute Gasteiger partial charge is 0.119 e. The van der Waals surface area contributed by atoms with Crippen molar-refractivity contribution in [2.24, 2.45) is 0 Å². The minimum Gasteiger partial charge on any atom is -0.491 e. The van der Waals surface area contributed by atoms with Crippen molar-refractivity contribution in [3.8, 4) is 5.75 Å². The van der Waals surface area contributed by atoms with Crippen molar-refractivity contribution in [1.82, 2.24) is 10.3 Å². The van der Waals surface area contributed by atoms with Gasteiger partial charge in [0.2, 0.25) is 0 Å². The highest BCUT2D eigenvalue weighted by Crippen LogP contribution is 2.32. The largest absolute Gasteiger partial charge is 0.491 e. The van der Waals surface area contributed by atoms with Crippen molar-refractivity contribution in [1.29, 1.82) is 0 Å². The molecule has 1 aromatic heterocycles. The molecule has 0 amide bonds. The van der Waals surface area contributed by atoms with E-state index in [4.69, 9.17) is 4.74 Å². The second-order valence-corrected chi connectivity index (χ2v) is 7.76. The summed E-state index contributed by atoms with van der Waals surface area (Å²) in [7, 11) is 0. The van der Waals surface area contributed by atoms with Crippen LogP contribution in [0, 0.1) is 0 Å². The average molecular weight is 391 g/mol. The Morgan fingerprint density at radius 2 is 1.62 bits per heavy atom. The number of aliphatic hydroxyl groups is 1. The highest BCUT2D eigenvalue weighted by atomic mass is 16.5. The summed E-state index contributed by atoms with van der Waals surface area (Å²) in [5.41, 5.74) is 3.48. The summed E-state index contributed by atoms with van der Waals surface area (Å²) in [6.07, 6.45) is 2.08. The van der Waals surface area contributed by atoms with Crippen LogP contribution < -0.4 is 10.1 Å². The molecule has 1 unspecified atom stereocenters. The Bertz CT molecular complexity index is 849. The first kappa shape index (κ1) is 21.0. The molecule has 0 aliphatic carbocycles. The van der Waals surface area contributed by atoms with Crippen LogP contribution in [0.15, 0.2) is 79.0 Å². The van der Waals surface area contributed by atoms with Gasteiger partial charge in [-0.3, -0.25) is 4.98 Å². The molecule has 1 heterocycles. The molecule has 4 heteroatoms. The molecular weight excluding hydrogens is 360 g/mol. The van der Waals surface area contributed by atoms with Crippen LogP contribution in [0.5, 0.6) is 5.75 Å². The van der Waals surface area contributed by atoms with E-state index in [9.17, 15) is 5.11 Å². The van der Waals surface area contributed by atoms with E-state index in [2.05, 4.69) is 60.5 Å². The van der Waals surface area contributed by atoms with E-state index < -0.39 is 6.10 Å². The molecule has 2 aromatic carbocycles. The second kappa shape index (κ2) is 10.2. The quantitative estimate of drug-likeness (QED) is 0.514. The average Bonchev–Trinajstić information content (AvgIpc) is 2.77. The van der Waals surface area contributed by atoms with E-state index in [1.165, 1.54) is 11.1 Å². The van der Waals surface area contributed by atoms with Crippen molar-refractivity contribution >= 4 is 0 Å². The predicted octanol–water partition coefficient (Wildman–Crippen LogP) is 3.98. The lowest BCUT2D eigenvalue weighted by molar-refractivity contribution is 0.106. The van der Waals surface area contributed by atoms with E-state index in [1.807, 2.05) is 36.4 Å². The van der Waals surface area contributed by atoms with Crippen LogP contribution in [0.2, 0.25) is 0 Å². The van der Waals surface area contributed by atoms with Gasteiger partial charge in [0.05, 0.1) is 0 Å². The van der Waals surface area contributed by atoms with Crippen molar-refractivity contribution in [3.63, 3.8) is 0 Å². The molecule has 0 saturated carbocycles. The number of benzene rings is 2. The first-order chi connectivity index (χ1) is 14.1. The van der Waals surface area contributed by atoms with Crippen molar-refractivity contribution < 1.29 is 9.84 Å². The van der Waals surface area contributed by atoms with Gasteiger partial charge >= 0.3 is 0 Å². The Hall–Kier alpha value is -2.69. The zero-order valence-electron chi connectivity index (χ0n) is 17.2. The number of pyridine rings is 1. The van der Waals surface area contributed by atoms with Crippen LogP contribution in [0.3, 0.4) is 0 Å². The summed E-state index contributed by atoms with van der Waals surface area (Å²) < 4.78 is 5.75. The lowest BCUT2D eigenvalue weighted by Gasteiger charge is -2.26. The SMILES string of the molecule is CC(C)(c1ccccc1)c1ccc(OCC(O)CNCCc2ccccn2)cc1. The van der Waals surface area contributed by atoms with Gasteiger partial charge in [-0.2, -0.15) is 0 Å². The van der Waals surface area contributed by atoms with Crippen molar-refractivity contribution in [3.05, 3.63) is 95.8 Å². The van der Waals surface area contributed by atoms with E-state index >= 15 is 0 Å². The Morgan fingerprint density at radius 1 is 0.931 bits per heavy atom. The van der Waals surface area contributed by atoms with Crippen LogP contribution >= 0.6 is 0 Å². The topological polar surface area (TPSA) is 54.4 Å². The normalized spacial score (nSPS) is 12.5. The monoisotopic (exact) mass is 390 g/mol. The summed E-state index contributed by atoms with van der Waals surface area (Å²) in [5.74, 6) is 0.769. The number of hydrogen-bond donors (Lipinski definition) is 2. The summed E-state index contributed by atoms with van der Waals surface area (Å²) in [5, 5.41) is 13.4. The Kier molecular flexibility index (Phi) is 7.39. The third kappa shape index (κ3) is 6.14. The number of nitrogens with one attached hydrogen (secondary N) is 1. The maximum atomic E-state index is 10.1. The van der Waals surface area contributed by atoms with Crippen LogP contribution in [-0.4, -0.2) is 35.9 Å². The van der Waals surface area contributed by atoms with Crippen molar-refractivity contribution in [2.45, 2.75) is 31.8 Å². The van der Waals surface area contributed by atoms with Gasteiger partial charge in [0, 0.05) is 36.8 Å². The number of aromatic nitrogens is 1. The summed E-state index contributed by atoms with van der Waals surface area (Å²) in [4.78, 5) is 4.29. The van der Waals surface area contributed by atoms with Crippen molar-refractivity contribution in [2.75, 3.05) is 19.7 Å². The van der Waals surface area contributed by atoms with Crippen LogP contribution in [0.4, 0.5) is 0 Å². The van der Waals surface area contributed by atoms with Crippen LogP contribution in [-0.2, 0) is 11.8 Å². The molecule has 0 aliphatic rings. The van der Waals surface area contributed by atoms with E-state index in [0.717, 1.165) is 24.4 Å². The third-order valence-corrected chi connectivity index (χ3v) is 5.18. The number of aliphatic hydroxyl groups excluding tert-OH is 1. The molecule has 4 nitrogen and oxygen atoms in total. The van der Waals surface area contributed by atoms with Gasteiger partial charge in [-0.05, 0) is 35.4 Å². The van der Waals surface area contributed by atoms with Gasteiger partial charge in [-0.25, -0.2) is 0 Å². The standard InChI is InChI=1S/C25H30N2O2/c1-25(2,20-8-4-3-5-9-20)21-11-13-24(14-12-21)29-19-23(28)18-26-17-15-22-10-6-7-16-27-22/h3-14,16,23,26,28H,15,17-19H2,1-2H3. The fourth-order valence-electron chi connectivity index (χ4n) is 3.27. The lowest BCUT2D eigenvalue weighted by Crippen LogP contribution is -2.32. The minimum absolute atomic E-state index is 0.0726. The second-order valence-electron chi connectivity index (χ2n) is 7.76. The molecule has 0 bridgehead atoms. The van der Waals surface area contributed by atoms with E-state index in [0.29, 0.717) is 6.54 Å². The Balaban J connectivity index is 1.42. The molecule has 0 fully saturated rings.